The van der Waals surface area contributed by atoms with E-state index in [1.165, 1.54) is 24.6 Å². The summed E-state index contributed by atoms with van der Waals surface area (Å²) in [7, 11) is 0. The van der Waals surface area contributed by atoms with Crippen LogP contribution < -0.4 is 0 Å². The van der Waals surface area contributed by atoms with Crippen molar-refractivity contribution in [2.24, 2.45) is 11.8 Å². The fourth-order valence-corrected chi connectivity index (χ4v) is 4.15. The summed E-state index contributed by atoms with van der Waals surface area (Å²) in [6, 6.07) is 12.4. The summed E-state index contributed by atoms with van der Waals surface area (Å²) in [5, 5.41) is 12.0. The molecule has 98 valence electrons. The van der Waals surface area contributed by atoms with Gasteiger partial charge in [-0.1, -0.05) is 24.3 Å². The zero-order valence-corrected chi connectivity index (χ0v) is 11.0. The Balaban J connectivity index is 1.64. The lowest BCUT2D eigenvalue weighted by molar-refractivity contribution is -0.0132. The molecule has 0 aliphatic heterocycles. The van der Waals surface area contributed by atoms with E-state index in [4.69, 9.17) is 4.98 Å². The van der Waals surface area contributed by atoms with Crippen LogP contribution in [-0.4, -0.2) is 15.7 Å². The van der Waals surface area contributed by atoms with Crippen molar-refractivity contribution in [3.63, 3.8) is 0 Å². The molecule has 2 bridgehead atoms. The molecular formula is C17H19NO. The fraction of sp³-hybridized carbons (Fsp3) is 0.471. The molecule has 1 aromatic carbocycles. The first-order valence-corrected chi connectivity index (χ1v) is 7.30. The van der Waals surface area contributed by atoms with Gasteiger partial charge in [0.05, 0.1) is 11.1 Å². The van der Waals surface area contributed by atoms with E-state index < -0.39 is 5.60 Å². The van der Waals surface area contributed by atoms with E-state index in [-0.39, 0.29) is 0 Å². The number of pyridine rings is 1. The Hall–Kier alpha value is -1.41. The fourth-order valence-electron chi connectivity index (χ4n) is 4.15. The predicted molar refractivity (Wildman–Crippen MR) is 75.8 cm³/mol. The summed E-state index contributed by atoms with van der Waals surface area (Å²) in [6.45, 7) is 0. The predicted octanol–water partition coefficient (Wildman–Crippen LogP) is 3.33. The third kappa shape index (κ3) is 1.86. The smallest absolute Gasteiger partial charge is 0.0733 e. The Morgan fingerprint density at radius 3 is 2.84 bits per heavy atom. The van der Waals surface area contributed by atoms with Crippen LogP contribution in [-0.2, 0) is 6.42 Å². The SMILES string of the molecule is OC1(Cc2ccc3ccccc3n2)CC2CCC1C2. The minimum absolute atomic E-state index is 0.488. The Kier molecular flexibility index (Phi) is 2.43. The van der Waals surface area contributed by atoms with Gasteiger partial charge in [-0.2, -0.15) is 0 Å². The summed E-state index contributed by atoms with van der Waals surface area (Å²) >= 11 is 0. The Bertz CT molecular complexity index is 623. The lowest BCUT2D eigenvalue weighted by Gasteiger charge is -2.32. The summed E-state index contributed by atoms with van der Waals surface area (Å²) in [4.78, 5) is 4.71. The minimum Gasteiger partial charge on any atom is -0.389 e. The van der Waals surface area contributed by atoms with Crippen LogP contribution >= 0.6 is 0 Å². The maximum absolute atomic E-state index is 10.9. The molecule has 4 rings (SSSR count). The van der Waals surface area contributed by atoms with Gasteiger partial charge in [-0.3, -0.25) is 4.98 Å². The average molecular weight is 253 g/mol. The largest absolute Gasteiger partial charge is 0.389 e. The van der Waals surface area contributed by atoms with Crippen LogP contribution in [0.4, 0.5) is 0 Å². The monoisotopic (exact) mass is 253 g/mol. The molecule has 1 aromatic heterocycles. The number of benzene rings is 1. The van der Waals surface area contributed by atoms with E-state index >= 15 is 0 Å². The first-order chi connectivity index (χ1) is 9.23. The molecule has 0 radical (unpaired) electrons. The van der Waals surface area contributed by atoms with Crippen molar-refractivity contribution in [1.29, 1.82) is 0 Å². The number of hydrogen-bond donors (Lipinski definition) is 1. The molecule has 0 spiro atoms. The Morgan fingerprint density at radius 1 is 1.16 bits per heavy atom. The third-order valence-electron chi connectivity index (χ3n) is 5.09. The third-order valence-corrected chi connectivity index (χ3v) is 5.09. The summed E-state index contributed by atoms with van der Waals surface area (Å²) in [5.41, 5.74) is 1.58. The normalized spacial score (nSPS) is 33.1. The number of rotatable bonds is 2. The lowest BCUT2D eigenvalue weighted by Crippen LogP contribution is -2.37. The van der Waals surface area contributed by atoms with Crippen LogP contribution in [0.5, 0.6) is 0 Å². The molecule has 2 aliphatic carbocycles. The van der Waals surface area contributed by atoms with Crippen molar-refractivity contribution in [2.45, 2.75) is 37.7 Å². The van der Waals surface area contributed by atoms with Gasteiger partial charge in [-0.15, -0.1) is 0 Å². The van der Waals surface area contributed by atoms with Gasteiger partial charge in [0.25, 0.3) is 0 Å². The number of fused-ring (bicyclic) bond motifs is 3. The molecule has 2 heteroatoms. The van der Waals surface area contributed by atoms with Crippen molar-refractivity contribution in [2.75, 3.05) is 0 Å². The van der Waals surface area contributed by atoms with Crippen molar-refractivity contribution in [3.05, 3.63) is 42.1 Å². The molecule has 1 heterocycles. The summed E-state index contributed by atoms with van der Waals surface area (Å²) < 4.78 is 0. The number of aromatic nitrogens is 1. The van der Waals surface area contributed by atoms with Crippen molar-refractivity contribution < 1.29 is 5.11 Å². The second kappa shape index (κ2) is 4.04. The lowest BCUT2D eigenvalue weighted by atomic mass is 9.81. The van der Waals surface area contributed by atoms with Crippen LogP contribution in [0.2, 0.25) is 0 Å². The molecule has 3 unspecified atom stereocenters. The van der Waals surface area contributed by atoms with Crippen molar-refractivity contribution in [1.82, 2.24) is 4.98 Å². The van der Waals surface area contributed by atoms with E-state index in [9.17, 15) is 5.11 Å². The van der Waals surface area contributed by atoms with Crippen LogP contribution in [0.1, 0.15) is 31.4 Å². The molecule has 2 aromatic rings. The van der Waals surface area contributed by atoms with E-state index in [0.29, 0.717) is 5.92 Å². The topological polar surface area (TPSA) is 33.1 Å². The van der Waals surface area contributed by atoms with Gasteiger partial charge in [-0.05, 0) is 49.7 Å². The Labute approximate surface area is 113 Å². The molecule has 3 atom stereocenters. The molecule has 1 N–H and O–H groups in total. The first kappa shape index (κ1) is 11.4. The highest BCUT2D eigenvalue weighted by Crippen LogP contribution is 2.51. The molecule has 2 nitrogen and oxygen atoms in total. The van der Waals surface area contributed by atoms with Gasteiger partial charge in [0.1, 0.15) is 0 Å². The standard InChI is InChI=1S/C17H19NO/c19-17(10-12-5-7-14(17)9-12)11-15-8-6-13-3-1-2-4-16(13)18-15/h1-4,6,8,12,14,19H,5,7,9-11H2. The molecular weight excluding hydrogens is 234 g/mol. The van der Waals surface area contributed by atoms with Crippen molar-refractivity contribution in [3.8, 4) is 0 Å². The maximum atomic E-state index is 10.9. The number of nitrogens with zero attached hydrogens (tertiary/aromatic N) is 1. The Morgan fingerprint density at radius 2 is 2.05 bits per heavy atom. The van der Waals surface area contributed by atoms with E-state index in [1.54, 1.807) is 0 Å². The quantitative estimate of drug-likeness (QED) is 0.890. The maximum Gasteiger partial charge on any atom is 0.0733 e. The highest BCUT2D eigenvalue weighted by Gasteiger charge is 2.49. The number of hydrogen-bond acceptors (Lipinski definition) is 2. The second-order valence-electron chi connectivity index (χ2n) is 6.36. The van der Waals surface area contributed by atoms with E-state index in [1.807, 2.05) is 18.2 Å². The molecule has 0 amide bonds. The molecule has 2 saturated carbocycles. The first-order valence-electron chi connectivity index (χ1n) is 7.30. The molecule has 2 aliphatic rings. The van der Waals surface area contributed by atoms with Gasteiger partial charge in [0.2, 0.25) is 0 Å². The van der Waals surface area contributed by atoms with Gasteiger partial charge in [-0.25, -0.2) is 0 Å². The van der Waals surface area contributed by atoms with Crippen LogP contribution in [0, 0.1) is 11.8 Å². The molecule has 19 heavy (non-hydrogen) atoms. The highest BCUT2D eigenvalue weighted by atomic mass is 16.3. The summed E-state index contributed by atoms with van der Waals surface area (Å²) in [5.74, 6) is 1.27. The van der Waals surface area contributed by atoms with E-state index in [0.717, 1.165) is 30.0 Å². The van der Waals surface area contributed by atoms with Crippen molar-refractivity contribution >= 4 is 10.9 Å². The average Bonchev–Trinajstić information content (AvgIpc) is 2.98. The second-order valence-corrected chi connectivity index (χ2v) is 6.36. The minimum atomic E-state index is -0.488. The zero-order valence-electron chi connectivity index (χ0n) is 11.0. The highest BCUT2D eigenvalue weighted by molar-refractivity contribution is 5.78. The zero-order chi connectivity index (χ0) is 12.9. The molecule has 2 fully saturated rings. The number of para-hydroxylation sites is 1. The van der Waals surface area contributed by atoms with E-state index in [2.05, 4.69) is 18.2 Å². The van der Waals surface area contributed by atoms with Crippen LogP contribution in [0.3, 0.4) is 0 Å². The van der Waals surface area contributed by atoms with Crippen LogP contribution in [0.15, 0.2) is 36.4 Å². The van der Waals surface area contributed by atoms with Gasteiger partial charge < -0.3 is 5.11 Å². The van der Waals surface area contributed by atoms with Crippen LogP contribution in [0.25, 0.3) is 10.9 Å². The molecule has 0 saturated heterocycles. The van der Waals surface area contributed by atoms with Gasteiger partial charge >= 0.3 is 0 Å². The summed E-state index contributed by atoms with van der Waals surface area (Å²) in [6.07, 6.45) is 5.45. The van der Waals surface area contributed by atoms with Gasteiger partial charge in [0.15, 0.2) is 0 Å². The van der Waals surface area contributed by atoms with Gasteiger partial charge in [0, 0.05) is 17.5 Å². The number of aliphatic hydroxyl groups is 1.